The number of benzene rings is 1. The SMILES string of the molecule is CCOC(c1ccc(C)cc1C(F)(F)F)c1cnc2cnccn12. The fourth-order valence-electron chi connectivity index (χ4n) is 2.70. The van der Waals surface area contributed by atoms with E-state index in [-0.39, 0.29) is 12.2 Å². The zero-order valence-electron chi connectivity index (χ0n) is 13.2. The van der Waals surface area contributed by atoms with Crippen LogP contribution in [0.1, 0.15) is 35.4 Å². The second kappa shape index (κ2) is 6.24. The van der Waals surface area contributed by atoms with Crippen LogP contribution in [0.15, 0.2) is 43.0 Å². The minimum absolute atomic E-state index is 0.0774. The highest BCUT2D eigenvalue weighted by atomic mass is 19.4. The zero-order valence-corrected chi connectivity index (χ0v) is 13.2. The maximum absolute atomic E-state index is 13.5. The Morgan fingerprint density at radius 2 is 2.04 bits per heavy atom. The van der Waals surface area contributed by atoms with Crippen LogP contribution in [-0.2, 0) is 10.9 Å². The van der Waals surface area contributed by atoms with Crippen LogP contribution in [0.25, 0.3) is 5.65 Å². The first-order valence-electron chi connectivity index (χ1n) is 7.48. The van der Waals surface area contributed by atoms with Gasteiger partial charge in [0.2, 0.25) is 0 Å². The minimum atomic E-state index is -4.46. The number of nitrogens with zero attached hydrogens (tertiary/aromatic N) is 3. The largest absolute Gasteiger partial charge is 0.416 e. The number of fused-ring (bicyclic) bond motifs is 1. The Bertz CT molecular complexity index is 858. The highest BCUT2D eigenvalue weighted by molar-refractivity contribution is 5.43. The second-order valence-electron chi connectivity index (χ2n) is 5.41. The lowest BCUT2D eigenvalue weighted by atomic mass is 9.97. The van der Waals surface area contributed by atoms with Gasteiger partial charge in [-0.1, -0.05) is 17.7 Å². The summed E-state index contributed by atoms with van der Waals surface area (Å²) in [5.41, 5.74) is 1.02. The summed E-state index contributed by atoms with van der Waals surface area (Å²) in [4.78, 5) is 8.16. The third-order valence-electron chi connectivity index (χ3n) is 3.74. The average molecular weight is 335 g/mol. The van der Waals surface area contributed by atoms with Crippen molar-refractivity contribution in [1.82, 2.24) is 14.4 Å². The fourth-order valence-corrected chi connectivity index (χ4v) is 2.70. The van der Waals surface area contributed by atoms with Crippen LogP contribution in [0.4, 0.5) is 13.2 Å². The topological polar surface area (TPSA) is 39.4 Å². The number of hydrogen-bond donors (Lipinski definition) is 0. The van der Waals surface area contributed by atoms with Gasteiger partial charge in [-0.25, -0.2) is 4.98 Å². The summed E-state index contributed by atoms with van der Waals surface area (Å²) in [7, 11) is 0. The maximum atomic E-state index is 13.5. The van der Waals surface area contributed by atoms with Crippen molar-refractivity contribution in [3.05, 3.63) is 65.4 Å². The molecular weight excluding hydrogens is 319 g/mol. The molecule has 3 rings (SSSR count). The molecule has 1 atom stereocenters. The summed E-state index contributed by atoms with van der Waals surface area (Å²) in [6, 6.07) is 4.27. The molecule has 3 aromatic rings. The number of rotatable bonds is 4. The van der Waals surface area contributed by atoms with Crippen molar-refractivity contribution in [1.29, 1.82) is 0 Å². The van der Waals surface area contributed by atoms with E-state index in [9.17, 15) is 13.2 Å². The lowest BCUT2D eigenvalue weighted by molar-refractivity contribution is -0.139. The zero-order chi connectivity index (χ0) is 17.3. The lowest BCUT2D eigenvalue weighted by Crippen LogP contribution is -2.16. The summed E-state index contributed by atoms with van der Waals surface area (Å²) < 4.78 is 47.9. The Morgan fingerprint density at radius 3 is 2.75 bits per heavy atom. The van der Waals surface area contributed by atoms with Crippen LogP contribution in [0.3, 0.4) is 0 Å². The van der Waals surface area contributed by atoms with Crippen molar-refractivity contribution in [3.63, 3.8) is 0 Å². The van der Waals surface area contributed by atoms with Gasteiger partial charge in [-0.15, -0.1) is 0 Å². The number of aromatic nitrogens is 3. The fraction of sp³-hybridized carbons (Fsp3) is 0.294. The quantitative estimate of drug-likeness (QED) is 0.718. The maximum Gasteiger partial charge on any atom is 0.416 e. The van der Waals surface area contributed by atoms with Gasteiger partial charge in [0.1, 0.15) is 6.10 Å². The van der Waals surface area contributed by atoms with E-state index in [1.54, 1.807) is 42.9 Å². The Labute approximate surface area is 136 Å². The van der Waals surface area contributed by atoms with Crippen LogP contribution >= 0.6 is 0 Å². The molecule has 0 bridgehead atoms. The van der Waals surface area contributed by atoms with Crippen molar-refractivity contribution < 1.29 is 17.9 Å². The molecule has 0 aliphatic carbocycles. The monoisotopic (exact) mass is 335 g/mol. The molecule has 0 radical (unpaired) electrons. The van der Waals surface area contributed by atoms with Gasteiger partial charge >= 0.3 is 6.18 Å². The first kappa shape index (κ1) is 16.4. The van der Waals surface area contributed by atoms with Gasteiger partial charge in [-0.05, 0) is 25.5 Å². The predicted molar refractivity (Wildman–Crippen MR) is 82.6 cm³/mol. The number of halogens is 3. The Morgan fingerprint density at radius 1 is 1.25 bits per heavy atom. The van der Waals surface area contributed by atoms with E-state index in [0.717, 1.165) is 6.07 Å². The van der Waals surface area contributed by atoms with Crippen molar-refractivity contribution in [2.45, 2.75) is 26.1 Å². The van der Waals surface area contributed by atoms with E-state index in [2.05, 4.69) is 9.97 Å². The van der Waals surface area contributed by atoms with Gasteiger partial charge in [-0.2, -0.15) is 13.2 Å². The number of aryl methyl sites for hydroxylation is 1. The van der Waals surface area contributed by atoms with Gasteiger partial charge in [-0.3, -0.25) is 9.38 Å². The molecule has 0 saturated heterocycles. The number of imidazole rings is 1. The Hall–Kier alpha value is -2.41. The van der Waals surface area contributed by atoms with E-state index in [4.69, 9.17) is 4.74 Å². The first-order chi connectivity index (χ1) is 11.4. The molecule has 126 valence electrons. The van der Waals surface area contributed by atoms with E-state index >= 15 is 0 Å². The Balaban J connectivity index is 2.20. The molecule has 0 saturated carbocycles. The van der Waals surface area contributed by atoms with Crippen molar-refractivity contribution in [2.24, 2.45) is 0 Å². The van der Waals surface area contributed by atoms with Crippen LogP contribution < -0.4 is 0 Å². The summed E-state index contributed by atoms with van der Waals surface area (Å²) in [6.07, 6.45) is 0.957. The van der Waals surface area contributed by atoms with Crippen molar-refractivity contribution in [2.75, 3.05) is 6.61 Å². The van der Waals surface area contributed by atoms with Crippen molar-refractivity contribution in [3.8, 4) is 0 Å². The molecule has 0 aliphatic rings. The molecule has 0 spiro atoms. The average Bonchev–Trinajstić information content (AvgIpc) is 2.96. The third-order valence-corrected chi connectivity index (χ3v) is 3.74. The van der Waals surface area contributed by atoms with Crippen LogP contribution in [0, 0.1) is 6.92 Å². The third kappa shape index (κ3) is 2.99. The molecule has 0 N–H and O–H groups in total. The summed E-state index contributed by atoms with van der Waals surface area (Å²) in [6.45, 7) is 3.65. The lowest BCUT2D eigenvalue weighted by Gasteiger charge is -2.22. The number of ether oxygens (including phenoxy) is 1. The van der Waals surface area contributed by atoms with Crippen LogP contribution in [0.5, 0.6) is 0 Å². The number of hydrogen-bond acceptors (Lipinski definition) is 3. The molecule has 4 nitrogen and oxygen atoms in total. The summed E-state index contributed by atoms with van der Waals surface area (Å²) in [5.74, 6) is 0. The molecule has 2 aromatic heterocycles. The second-order valence-corrected chi connectivity index (χ2v) is 5.41. The van der Waals surface area contributed by atoms with E-state index in [1.165, 1.54) is 12.3 Å². The van der Waals surface area contributed by atoms with E-state index < -0.39 is 17.8 Å². The van der Waals surface area contributed by atoms with Gasteiger partial charge < -0.3 is 4.74 Å². The molecule has 24 heavy (non-hydrogen) atoms. The highest BCUT2D eigenvalue weighted by Crippen LogP contribution is 2.38. The Kier molecular flexibility index (Phi) is 4.28. The van der Waals surface area contributed by atoms with E-state index in [1.807, 2.05) is 0 Å². The molecule has 0 fully saturated rings. The summed E-state index contributed by atoms with van der Waals surface area (Å²) in [5, 5.41) is 0. The van der Waals surface area contributed by atoms with Gasteiger partial charge in [0.05, 0.1) is 23.7 Å². The molecular formula is C17H16F3N3O. The summed E-state index contributed by atoms with van der Waals surface area (Å²) >= 11 is 0. The minimum Gasteiger partial charge on any atom is -0.367 e. The molecule has 1 aromatic carbocycles. The van der Waals surface area contributed by atoms with Crippen LogP contribution in [-0.4, -0.2) is 21.0 Å². The smallest absolute Gasteiger partial charge is 0.367 e. The van der Waals surface area contributed by atoms with Gasteiger partial charge in [0.15, 0.2) is 5.65 Å². The molecule has 2 heterocycles. The predicted octanol–water partition coefficient (Wildman–Crippen LogP) is 4.18. The van der Waals surface area contributed by atoms with E-state index in [0.29, 0.717) is 16.9 Å². The van der Waals surface area contributed by atoms with Gasteiger partial charge in [0, 0.05) is 19.0 Å². The van der Waals surface area contributed by atoms with Gasteiger partial charge in [0.25, 0.3) is 0 Å². The van der Waals surface area contributed by atoms with Crippen molar-refractivity contribution >= 4 is 5.65 Å². The first-order valence-corrected chi connectivity index (χ1v) is 7.48. The highest BCUT2D eigenvalue weighted by Gasteiger charge is 2.36. The van der Waals surface area contributed by atoms with Crippen LogP contribution in [0.2, 0.25) is 0 Å². The molecule has 7 heteroatoms. The number of alkyl halides is 3. The molecule has 0 amide bonds. The standard InChI is InChI=1S/C17H16F3N3O/c1-3-24-16(14-9-22-15-10-21-6-7-23(14)15)12-5-4-11(2)8-13(12)17(18,19)20/h4-10,16H,3H2,1-2H3. The normalized spacial score (nSPS) is 13.4. The molecule has 1 unspecified atom stereocenters. The molecule has 0 aliphatic heterocycles.